The summed E-state index contributed by atoms with van der Waals surface area (Å²) in [6.45, 7) is 2.12. The van der Waals surface area contributed by atoms with Crippen molar-refractivity contribution in [3.05, 3.63) is 16.3 Å². The molecule has 1 rings (SSSR count). The number of hydrogen-bond acceptors (Lipinski definition) is 1. The normalized spacial score (nSPS) is 9.29. The molecule has 1 heterocycles. The quantitative estimate of drug-likeness (QED) is 0.422. The molecule has 7 heavy (non-hydrogen) atoms. The Kier molecular flexibility index (Phi) is 1.20. The highest BCUT2D eigenvalue weighted by Crippen LogP contribution is 2.01. The molecule has 1 aromatic heterocycles. The van der Waals surface area contributed by atoms with Gasteiger partial charge in [0.15, 0.2) is 0 Å². The summed E-state index contributed by atoms with van der Waals surface area (Å²) in [7, 11) is 2.11. The maximum absolute atomic E-state index is 2.19. The van der Waals surface area contributed by atoms with Crippen molar-refractivity contribution >= 4 is 24.6 Å². The van der Waals surface area contributed by atoms with Crippen LogP contribution in [0.15, 0.2) is 11.4 Å². The summed E-state index contributed by atoms with van der Waals surface area (Å²) in [5.74, 6) is 0. The average Bonchev–Trinajstić information content (AvgIpc) is 1.87. The van der Waals surface area contributed by atoms with Gasteiger partial charge in [-0.25, -0.2) is 0 Å². The predicted molar refractivity (Wildman–Crippen MR) is 37.2 cm³/mol. The zero-order chi connectivity index (χ0) is 5.28. The first kappa shape index (κ1) is 4.91. The number of rotatable bonds is 0. The third-order valence-electron chi connectivity index (χ3n) is 0.862. The summed E-state index contributed by atoms with van der Waals surface area (Å²) in [6, 6.07) is 2.19. The largest absolute Gasteiger partial charge is 0.150 e. The van der Waals surface area contributed by atoms with E-state index in [1.807, 2.05) is 0 Å². The summed E-state index contributed by atoms with van der Waals surface area (Å²) >= 11 is 1.80. The first-order valence-corrected chi connectivity index (χ1v) is 3.19. The Morgan fingerprint density at radius 2 is 2.43 bits per heavy atom. The molecule has 0 aliphatic carbocycles. The number of hydrogen-bond donors (Lipinski definition) is 0. The molecule has 0 saturated heterocycles. The van der Waals surface area contributed by atoms with Crippen molar-refractivity contribution in [3.8, 4) is 0 Å². The fraction of sp³-hybridized carbons (Fsp3) is 0.200. The van der Waals surface area contributed by atoms with Crippen LogP contribution in [0.25, 0.3) is 0 Å². The second kappa shape index (κ2) is 1.70. The monoisotopic (exact) mass is 110 g/mol. The van der Waals surface area contributed by atoms with Crippen LogP contribution >= 0.6 is 11.3 Å². The second-order valence-corrected chi connectivity index (χ2v) is 2.85. The van der Waals surface area contributed by atoms with Gasteiger partial charge in [0.25, 0.3) is 0 Å². The Morgan fingerprint density at radius 3 is 2.57 bits per heavy atom. The molecule has 0 fully saturated rings. The Labute approximate surface area is 48.6 Å². The highest BCUT2D eigenvalue weighted by Gasteiger charge is 1.84. The number of aryl methyl sites for hydroxylation is 1. The molecule has 0 N–H and O–H groups in total. The standard InChI is InChI=1S/C5H7BS/c1-4-2-5(6)3-7-4/h2-3H,6H2,1H3. The van der Waals surface area contributed by atoms with Crippen LogP contribution in [0, 0.1) is 6.92 Å². The van der Waals surface area contributed by atoms with Gasteiger partial charge in [0.2, 0.25) is 0 Å². The summed E-state index contributed by atoms with van der Waals surface area (Å²) in [4.78, 5) is 1.40. The van der Waals surface area contributed by atoms with Gasteiger partial charge in [0, 0.05) is 4.88 Å². The van der Waals surface area contributed by atoms with Crippen molar-refractivity contribution in [3.63, 3.8) is 0 Å². The van der Waals surface area contributed by atoms with Crippen LogP contribution in [0.5, 0.6) is 0 Å². The lowest BCUT2D eigenvalue weighted by Crippen LogP contribution is -1.92. The zero-order valence-corrected chi connectivity index (χ0v) is 5.38. The first-order valence-electron chi connectivity index (χ1n) is 2.31. The maximum Gasteiger partial charge on any atom is 0.140 e. The van der Waals surface area contributed by atoms with Gasteiger partial charge in [-0.05, 0) is 12.3 Å². The molecule has 0 saturated carbocycles. The molecule has 0 aliphatic rings. The van der Waals surface area contributed by atoms with Gasteiger partial charge < -0.3 is 0 Å². The van der Waals surface area contributed by atoms with E-state index in [9.17, 15) is 0 Å². The predicted octanol–water partition coefficient (Wildman–Crippen LogP) is 0.315. The topological polar surface area (TPSA) is 0 Å². The lowest BCUT2D eigenvalue weighted by atomic mass is 10.0. The molecular weight excluding hydrogens is 103 g/mol. The van der Waals surface area contributed by atoms with Gasteiger partial charge in [-0.1, -0.05) is 11.5 Å². The Morgan fingerprint density at radius 1 is 1.71 bits per heavy atom. The minimum Gasteiger partial charge on any atom is -0.150 e. The van der Waals surface area contributed by atoms with Crippen LogP contribution in [0.1, 0.15) is 4.88 Å². The summed E-state index contributed by atoms with van der Waals surface area (Å²) in [5, 5.41) is 2.16. The Hall–Kier alpha value is -0.235. The third kappa shape index (κ3) is 1.06. The van der Waals surface area contributed by atoms with Gasteiger partial charge >= 0.3 is 0 Å². The lowest BCUT2D eigenvalue weighted by Gasteiger charge is -1.70. The molecule has 0 bridgehead atoms. The second-order valence-electron chi connectivity index (χ2n) is 1.73. The van der Waals surface area contributed by atoms with Crippen molar-refractivity contribution in [2.24, 2.45) is 0 Å². The fourth-order valence-corrected chi connectivity index (χ4v) is 1.27. The average molecular weight is 110 g/mol. The fourth-order valence-electron chi connectivity index (χ4n) is 0.575. The van der Waals surface area contributed by atoms with E-state index < -0.39 is 0 Å². The Bertz CT molecular complexity index is 140. The van der Waals surface area contributed by atoms with E-state index in [4.69, 9.17) is 0 Å². The van der Waals surface area contributed by atoms with E-state index in [-0.39, 0.29) is 0 Å². The van der Waals surface area contributed by atoms with Gasteiger partial charge in [0.05, 0.1) is 0 Å². The summed E-state index contributed by atoms with van der Waals surface area (Å²) in [6.07, 6.45) is 0. The van der Waals surface area contributed by atoms with Crippen molar-refractivity contribution in [1.82, 2.24) is 0 Å². The van der Waals surface area contributed by atoms with E-state index in [1.54, 1.807) is 11.3 Å². The molecule has 0 radical (unpaired) electrons. The third-order valence-corrected chi connectivity index (χ3v) is 1.84. The molecule has 2 heteroatoms. The molecular formula is C5H7BS. The van der Waals surface area contributed by atoms with Crippen LogP contribution in [0.4, 0.5) is 0 Å². The van der Waals surface area contributed by atoms with Crippen LogP contribution in [-0.4, -0.2) is 7.85 Å². The van der Waals surface area contributed by atoms with Crippen LogP contribution < -0.4 is 5.46 Å². The van der Waals surface area contributed by atoms with E-state index >= 15 is 0 Å². The Balaban J connectivity index is 3.04. The molecule has 0 nitrogen and oxygen atoms in total. The molecule has 0 amide bonds. The van der Waals surface area contributed by atoms with E-state index in [1.165, 1.54) is 10.3 Å². The van der Waals surface area contributed by atoms with Crippen molar-refractivity contribution in [1.29, 1.82) is 0 Å². The minimum atomic E-state index is 1.38. The summed E-state index contributed by atoms with van der Waals surface area (Å²) < 4.78 is 0. The zero-order valence-electron chi connectivity index (χ0n) is 4.56. The molecule has 0 unspecified atom stereocenters. The molecule has 0 aliphatic heterocycles. The van der Waals surface area contributed by atoms with Gasteiger partial charge in [0.1, 0.15) is 7.85 Å². The number of thiophene rings is 1. The van der Waals surface area contributed by atoms with Crippen LogP contribution in [0.3, 0.4) is 0 Å². The lowest BCUT2D eigenvalue weighted by molar-refractivity contribution is 1.66. The van der Waals surface area contributed by atoms with Crippen molar-refractivity contribution < 1.29 is 0 Å². The van der Waals surface area contributed by atoms with E-state index in [0.717, 1.165) is 0 Å². The molecule has 36 valence electrons. The molecule has 0 aromatic carbocycles. The van der Waals surface area contributed by atoms with Crippen LogP contribution in [0.2, 0.25) is 0 Å². The molecule has 1 aromatic rings. The minimum absolute atomic E-state index is 1.38. The summed E-state index contributed by atoms with van der Waals surface area (Å²) in [5.41, 5.74) is 1.38. The van der Waals surface area contributed by atoms with E-state index in [2.05, 4.69) is 26.2 Å². The smallest absolute Gasteiger partial charge is 0.140 e. The van der Waals surface area contributed by atoms with E-state index in [0.29, 0.717) is 0 Å². The molecule has 0 atom stereocenters. The van der Waals surface area contributed by atoms with Crippen molar-refractivity contribution in [2.75, 3.05) is 0 Å². The molecule has 0 spiro atoms. The highest BCUT2D eigenvalue weighted by atomic mass is 32.1. The van der Waals surface area contributed by atoms with Crippen molar-refractivity contribution in [2.45, 2.75) is 6.92 Å². The van der Waals surface area contributed by atoms with Gasteiger partial charge in [-0.15, -0.1) is 11.3 Å². The SMILES string of the molecule is Bc1csc(C)c1. The maximum atomic E-state index is 2.19. The highest BCUT2D eigenvalue weighted by molar-refractivity contribution is 7.10. The van der Waals surface area contributed by atoms with Gasteiger partial charge in [-0.2, -0.15) is 0 Å². The van der Waals surface area contributed by atoms with Crippen LogP contribution in [-0.2, 0) is 0 Å². The van der Waals surface area contributed by atoms with Gasteiger partial charge in [-0.3, -0.25) is 0 Å². The first-order chi connectivity index (χ1) is 3.29.